The smallest absolute Gasteiger partial charge is 0.318 e. The molecule has 5 rings (SSSR count). The zero-order valence-electron chi connectivity index (χ0n) is 19.4. The Kier molecular flexibility index (Phi) is 5.67. The summed E-state index contributed by atoms with van der Waals surface area (Å²) in [5, 5.41) is 12.0. The molecule has 0 amide bonds. The van der Waals surface area contributed by atoms with E-state index >= 15 is 4.39 Å². The van der Waals surface area contributed by atoms with E-state index in [0.29, 0.717) is 45.4 Å². The first kappa shape index (κ1) is 22.3. The third kappa shape index (κ3) is 3.67. The SMILES string of the molecule is CCc1c(F)ccc2cc(O)cc(-c3ncc4c(N5CCC[C@H](C)C5)nc(OC)nc4c3F)c12. The van der Waals surface area contributed by atoms with Crippen molar-refractivity contribution in [3.8, 4) is 23.0 Å². The summed E-state index contributed by atoms with van der Waals surface area (Å²) < 4.78 is 36.0. The molecule has 6 nitrogen and oxygen atoms in total. The van der Waals surface area contributed by atoms with Crippen LogP contribution < -0.4 is 9.64 Å². The Bertz CT molecular complexity index is 1410. The van der Waals surface area contributed by atoms with Crippen molar-refractivity contribution in [2.24, 2.45) is 5.92 Å². The first-order valence-electron chi connectivity index (χ1n) is 11.5. The number of benzene rings is 2. The molecule has 0 unspecified atom stereocenters. The molecule has 1 N–H and O–H groups in total. The van der Waals surface area contributed by atoms with Crippen LogP contribution in [0.1, 0.15) is 32.3 Å². The van der Waals surface area contributed by atoms with Crippen molar-refractivity contribution >= 4 is 27.5 Å². The van der Waals surface area contributed by atoms with E-state index in [-0.39, 0.29) is 28.8 Å². The van der Waals surface area contributed by atoms with Gasteiger partial charge in [-0.25, -0.2) is 8.78 Å². The van der Waals surface area contributed by atoms with E-state index in [2.05, 4.69) is 26.8 Å². The molecule has 0 saturated carbocycles. The van der Waals surface area contributed by atoms with Gasteiger partial charge in [-0.3, -0.25) is 4.98 Å². The van der Waals surface area contributed by atoms with E-state index in [9.17, 15) is 9.50 Å². The van der Waals surface area contributed by atoms with Gasteiger partial charge in [0.05, 0.1) is 12.5 Å². The van der Waals surface area contributed by atoms with Crippen LogP contribution in [0.2, 0.25) is 0 Å². The van der Waals surface area contributed by atoms with E-state index < -0.39 is 5.82 Å². The Morgan fingerprint density at radius 2 is 2.03 bits per heavy atom. The van der Waals surface area contributed by atoms with Gasteiger partial charge in [-0.2, -0.15) is 9.97 Å². The number of ether oxygens (including phenoxy) is 1. The quantitative estimate of drug-likeness (QED) is 0.422. The predicted octanol–water partition coefficient (Wildman–Crippen LogP) is 5.64. The monoisotopic (exact) mass is 464 g/mol. The predicted molar refractivity (Wildman–Crippen MR) is 128 cm³/mol. The van der Waals surface area contributed by atoms with Gasteiger partial charge in [0.15, 0.2) is 5.82 Å². The Morgan fingerprint density at radius 1 is 1.21 bits per heavy atom. The number of aromatic nitrogens is 3. The number of rotatable bonds is 4. The minimum Gasteiger partial charge on any atom is -0.508 e. The van der Waals surface area contributed by atoms with Gasteiger partial charge in [0.25, 0.3) is 0 Å². The van der Waals surface area contributed by atoms with Crippen molar-refractivity contribution in [2.75, 3.05) is 25.1 Å². The number of pyridine rings is 1. The maximum Gasteiger partial charge on any atom is 0.318 e. The van der Waals surface area contributed by atoms with E-state index in [4.69, 9.17) is 4.74 Å². The summed E-state index contributed by atoms with van der Waals surface area (Å²) in [6.45, 7) is 5.62. The maximum atomic E-state index is 16.1. The number of hydrogen-bond donors (Lipinski definition) is 1. The molecule has 8 heteroatoms. The second-order valence-corrected chi connectivity index (χ2v) is 8.88. The van der Waals surface area contributed by atoms with Crippen LogP contribution in [0.4, 0.5) is 14.6 Å². The number of aryl methyl sites for hydroxylation is 1. The van der Waals surface area contributed by atoms with E-state index in [1.54, 1.807) is 12.3 Å². The standard InChI is InChI=1S/C26H26F2N4O2/c1-4-17-20(27)8-7-15-10-16(33)11-18(21(15)17)23-22(28)24-19(12-29-23)25(31-26(30-24)34-3)32-9-5-6-14(2)13-32/h7-8,10-12,14,33H,4-6,9,13H2,1-3H3/t14-/m0/s1. The van der Waals surface area contributed by atoms with Crippen LogP contribution in [-0.4, -0.2) is 40.3 Å². The van der Waals surface area contributed by atoms with Crippen molar-refractivity contribution in [2.45, 2.75) is 33.1 Å². The second-order valence-electron chi connectivity index (χ2n) is 8.88. The molecule has 1 fully saturated rings. The minimum absolute atomic E-state index is 0.00702. The molecule has 1 atom stereocenters. The summed E-state index contributed by atoms with van der Waals surface area (Å²) in [7, 11) is 1.45. The molecule has 3 heterocycles. The zero-order valence-corrected chi connectivity index (χ0v) is 19.4. The van der Waals surface area contributed by atoms with Crippen LogP contribution >= 0.6 is 0 Å². The lowest BCUT2D eigenvalue weighted by atomic mass is 9.94. The molecule has 1 aliphatic heterocycles. The van der Waals surface area contributed by atoms with Gasteiger partial charge >= 0.3 is 6.01 Å². The number of phenols is 1. The number of halogens is 2. The van der Waals surface area contributed by atoms with E-state index in [1.165, 1.54) is 25.3 Å². The number of hydrogen-bond acceptors (Lipinski definition) is 6. The largest absolute Gasteiger partial charge is 0.508 e. The Labute approximate surface area is 196 Å². The summed E-state index contributed by atoms with van der Waals surface area (Å²) in [4.78, 5) is 15.4. The van der Waals surface area contributed by atoms with Crippen molar-refractivity contribution in [1.29, 1.82) is 0 Å². The van der Waals surface area contributed by atoms with Gasteiger partial charge in [-0.1, -0.05) is 19.9 Å². The maximum absolute atomic E-state index is 16.1. The van der Waals surface area contributed by atoms with Crippen molar-refractivity contribution in [3.05, 3.63) is 47.7 Å². The molecule has 2 aromatic heterocycles. The lowest BCUT2D eigenvalue weighted by molar-refractivity contribution is 0.379. The van der Waals surface area contributed by atoms with Gasteiger partial charge in [0, 0.05) is 24.8 Å². The van der Waals surface area contributed by atoms with Gasteiger partial charge in [0.1, 0.15) is 28.6 Å². The van der Waals surface area contributed by atoms with Crippen molar-refractivity contribution in [3.63, 3.8) is 0 Å². The number of phenolic OH excluding ortho intramolecular Hbond substituents is 1. The highest BCUT2D eigenvalue weighted by molar-refractivity contribution is 6.01. The second kappa shape index (κ2) is 8.66. The molecule has 1 aliphatic rings. The average Bonchev–Trinajstić information content (AvgIpc) is 2.83. The molecule has 1 saturated heterocycles. The van der Waals surface area contributed by atoms with Crippen LogP contribution in [0.25, 0.3) is 32.9 Å². The lowest BCUT2D eigenvalue weighted by Gasteiger charge is -2.32. The topological polar surface area (TPSA) is 71.4 Å². The van der Waals surface area contributed by atoms with Crippen LogP contribution in [0.5, 0.6) is 11.8 Å². The summed E-state index contributed by atoms with van der Waals surface area (Å²) >= 11 is 0. The Hall–Kier alpha value is -3.55. The number of aromatic hydroxyl groups is 1. The molecule has 0 spiro atoms. The van der Waals surface area contributed by atoms with Crippen LogP contribution in [-0.2, 0) is 6.42 Å². The normalized spacial score (nSPS) is 16.4. The first-order valence-corrected chi connectivity index (χ1v) is 11.5. The molecular weight excluding hydrogens is 438 g/mol. The highest BCUT2D eigenvalue weighted by Gasteiger charge is 2.25. The van der Waals surface area contributed by atoms with Crippen LogP contribution in [0.3, 0.4) is 0 Å². The summed E-state index contributed by atoms with van der Waals surface area (Å²) in [5.74, 6) is -0.0210. The van der Waals surface area contributed by atoms with E-state index in [0.717, 1.165) is 25.9 Å². The molecular formula is C26H26F2N4O2. The number of nitrogens with zero attached hydrogens (tertiary/aromatic N) is 4. The highest BCUT2D eigenvalue weighted by Crippen LogP contribution is 2.39. The molecule has 4 aromatic rings. The molecule has 2 aromatic carbocycles. The molecule has 0 radical (unpaired) electrons. The third-order valence-corrected chi connectivity index (χ3v) is 6.54. The Balaban J connectivity index is 1.78. The van der Waals surface area contributed by atoms with Crippen molar-refractivity contribution in [1.82, 2.24) is 15.0 Å². The Morgan fingerprint density at radius 3 is 2.76 bits per heavy atom. The minimum atomic E-state index is -0.664. The number of anilines is 1. The van der Waals surface area contributed by atoms with Gasteiger partial charge in [0.2, 0.25) is 0 Å². The van der Waals surface area contributed by atoms with Gasteiger partial charge < -0.3 is 14.7 Å². The molecule has 0 bridgehead atoms. The van der Waals surface area contributed by atoms with E-state index in [1.807, 2.05) is 6.92 Å². The van der Waals surface area contributed by atoms with Crippen LogP contribution in [0, 0.1) is 17.6 Å². The summed E-state index contributed by atoms with van der Waals surface area (Å²) in [6.07, 6.45) is 4.12. The fraction of sp³-hybridized carbons (Fsp3) is 0.346. The summed E-state index contributed by atoms with van der Waals surface area (Å²) in [5.41, 5.74) is 0.831. The van der Waals surface area contributed by atoms with Crippen LogP contribution in [0.15, 0.2) is 30.5 Å². The fourth-order valence-corrected chi connectivity index (χ4v) is 4.96. The molecule has 0 aliphatic carbocycles. The highest BCUT2D eigenvalue weighted by atomic mass is 19.1. The fourth-order valence-electron chi connectivity index (χ4n) is 4.96. The van der Waals surface area contributed by atoms with Crippen molar-refractivity contribution < 1.29 is 18.6 Å². The van der Waals surface area contributed by atoms with Gasteiger partial charge in [-0.05, 0) is 59.7 Å². The number of fused-ring (bicyclic) bond motifs is 2. The molecule has 34 heavy (non-hydrogen) atoms. The lowest BCUT2D eigenvalue weighted by Crippen LogP contribution is -2.35. The number of piperidine rings is 1. The first-order chi connectivity index (χ1) is 16.4. The zero-order chi connectivity index (χ0) is 24.0. The van der Waals surface area contributed by atoms with Gasteiger partial charge in [-0.15, -0.1) is 0 Å². The third-order valence-electron chi connectivity index (χ3n) is 6.54. The molecule has 176 valence electrons. The average molecular weight is 465 g/mol. The summed E-state index contributed by atoms with van der Waals surface area (Å²) in [6, 6.07) is 5.96. The number of methoxy groups -OCH3 is 1.